The van der Waals surface area contributed by atoms with Crippen molar-refractivity contribution in [1.29, 1.82) is 0 Å². The molecule has 0 atom stereocenters. The first-order chi connectivity index (χ1) is 16.1. The van der Waals surface area contributed by atoms with Gasteiger partial charge in [-0.2, -0.15) is 15.0 Å². The van der Waals surface area contributed by atoms with Crippen molar-refractivity contribution in [2.75, 3.05) is 17.7 Å². The Morgan fingerprint density at radius 3 is 2.48 bits per heavy atom. The molecular formula is C25H30ClN5O2. The van der Waals surface area contributed by atoms with Gasteiger partial charge in [-0.25, -0.2) is 0 Å². The summed E-state index contributed by atoms with van der Waals surface area (Å²) in [5.74, 6) is 1.51. The smallest absolute Gasteiger partial charge is 0.323 e. The highest BCUT2D eigenvalue weighted by Crippen LogP contribution is 2.29. The number of halogens is 1. The molecule has 7 nitrogen and oxygen atoms in total. The van der Waals surface area contributed by atoms with E-state index in [4.69, 9.17) is 21.1 Å². The molecule has 1 aliphatic rings. The molecule has 0 amide bonds. The average molecular weight is 468 g/mol. The predicted octanol–water partition coefficient (Wildman–Crippen LogP) is 6.30. The summed E-state index contributed by atoms with van der Waals surface area (Å²) >= 11 is 6.28. The van der Waals surface area contributed by atoms with E-state index >= 15 is 0 Å². The van der Waals surface area contributed by atoms with Crippen LogP contribution in [0, 0.1) is 6.92 Å². The molecule has 1 aliphatic carbocycles. The third-order valence-corrected chi connectivity index (χ3v) is 5.96. The maximum atomic E-state index is 6.28. The van der Waals surface area contributed by atoms with Gasteiger partial charge >= 0.3 is 6.01 Å². The SMILES string of the molecule is COc1ccc(Nc2nc(NC3CCCCCC3)nc(OCc3cccc(C)c3)n2)cc1Cl. The molecule has 174 valence electrons. The fraction of sp³-hybridized carbons (Fsp3) is 0.400. The van der Waals surface area contributed by atoms with Crippen molar-refractivity contribution in [1.82, 2.24) is 15.0 Å². The first kappa shape index (κ1) is 23.1. The third-order valence-electron chi connectivity index (χ3n) is 5.66. The first-order valence-corrected chi connectivity index (χ1v) is 11.8. The fourth-order valence-corrected chi connectivity index (χ4v) is 4.23. The molecule has 2 N–H and O–H groups in total. The van der Waals surface area contributed by atoms with Crippen molar-refractivity contribution in [3.05, 3.63) is 58.6 Å². The summed E-state index contributed by atoms with van der Waals surface area (Å²) in [5.41, 5.74) is 2.99. The summed E-state index contributed by atoms with van der Waals surface area (Å²) in [6.07, 6.45) is 7.23. The first-order valence-electron chi connectivity index (χ1n) is 11.4. The molecular weight excluding hydrogens is 438 g/mol. The van der Waals surface area contributed by atoms with Gasteiger partial charge < -0.3 is 20.1 Å². The molecule has 1 heterocycles. The lowest BCUT2D eigenvalue weighted by Crippen LogP contribution is -2.20. The van der Waals surface area contributed by atoms with Crippen LogP contribution in [0.1, 0.15) is 49.7 Å². The molecule has 0 spiro atoms. The van der Waals surface area contributed by atoms with Gasteiger partial charge in [-0.3, -0.25) is 0 Å². The zero-order valence-corrected chi connectivity index (χ0v) is 19.9. The summed E-state index contributed by atoms with van der Waals surface area (Å²) < 4.78 is 11.2. The number of anilines is 3. The number of nitrogens with zero attached hydrogens (tertiary/aromatic N) is 3. The third kappa shape index (κ3) is 6.71. The number of rotatable bonds is 8. The Bertz CT molecular complexity index is 1070. The van der Waals surface area contributed by atoms with Crippen molar-refractivity contribution in [3.8, 4) is 11.8 Å². The molecule has 3 aromatic rings. The van der Waals surface area contributed by atoms with Crippen LogP contribution in [0.5, 0.6) is 11.8 Å². The Morgan fingerprint density at radius 2 is 1.76 bits per heavy atom. The van der Waals surface area contributed by atoms with Gasteiger partial charge in [0.1, 0.15) is 12.4 Å². The van der Waals surface area contributed by atoms with Gasteiger partial charge in [-0.15, -0.1) is 0 Å². The normalized spacial score (nSPS) is 14.4. The fourth-order valence-electron chi connectivity index (χ4n) is 3.97. The molecule has 0 aliphatic heterocycles. The van der Waals surface area contributed by atoms with Gasteiger partial charge in [0.05, 0.1) is 12.1 Å². The molecule has 1 aromatic heterocycles. The lowest BCUT2D eigenvalue weighted by molar-refractivity contribution is 0.280. The number of hydrogen-bond acceptors (Lipinski definition) is 7. The van der Waals surface area contributed by atoms with E-state index in [1.54, 1.807) is 19.2 Å². The van der Waals surface area contributed by atoms with Crippen LogP contribution >= 0.6 is 11.6 Å². The molecule has 8 heteroatoms. The Labute approximate surface area is 199 Å². The van der Waals surface area contributed by atoms with Crippen LogP contribution in [0.15, 0.2) is 42.5 Å². The van der Waals surface area contributed by atoms with Crippen molar-refractivity contribution in [2.45, 2.75) is 58.1 Å². The van der Waals surface area contributed by atoms with E-state index in [0.717, 1.165) is 24.1 Å². The molecule has 0 saturated heterocycles. The van der Waals surface area contributed by atoms with Crippen LogP contribution in [0.2, 0.25) is 5.02 Å². The van der Waals surface area contributed by atoms with Crippen molar-refractivity contribution >= 4 is 29.2 Å². The molecule has 0 radical (unpaired) electrons. The number of nitrogens with one attached hydrogen (secondary N) is 2. The van der Waals surface area contributed by atoms with Crippen molar-refractivity contribution in [2.24, 2.45) is 0 Å². The monoisotopic (exact) mass is 467 g/mol. The molecule has 0 unspecified atom stereocenters. The summed E-state index contributed by atoms with van der Waals surface area (Å²) in [7, 11) is 1.59. The summed E-state index contributed by atoms with van der Waals surface area (Å²) in [4.78, 5) is 13.6. The average Bonchev–Trinajstić information content (AvgIpc) is 3.06. The Kier molecular flexibility index (Phi) is 7.83. The minimum atomic E-state index is 0.268. The number of methoxy groups -OCH3 is 1. The summed E-state index contributed by atoms with van der Waals surface area (Å²) in [5, 5.41) is 7.21. The standard InChI is InChI=1S/C25H30ClN5O2/c1-17-8-7-9-18(14-17)16-33-25-30-23(27-19-10-5-3-4-6-11-19)29-24(31-25)28-20-12-13-22(32-2)21(26)15-20/h7-9,12-15,19H,3-6,10-11,16H2,1-2H3,(H2,27,28,29,30,31). The highest BCUT2D eigenvalue weighted by Gasteiger charge is 2.16. The van der Waals surface area contributed by atoms with E-state index in [9.17, 15) is 0 Å². The van der Waals surface area contributed by atoms with E-state index in [1.165, 1.54) is 31.2 Å². The van der Waals surface area contributed by atoms with E-state index in [0.29, 0.717) is 35.3 Å². The van der Waals surface area contributed by atoms with Gasteiger partial charge in [0.25, 0.3) is 0 Å². The van der Waals surface area contributed by atoms with E-state index < -0.39 is 0 Å². The van der Waals surface area contributed by atoms with E-state index in [1.807, 2.05) is 18.2 Å². The number of aromatic nitrogens is 3. The molecule has 4 rings (SSSR count). The van der Waals surface area contributed by atoms with Gasteiger partial charge in [0.2, 0.25) is 11.9 Å². The number of benzene rings is 2. The van der Waals surface area contributed by atoms with E-state index in [-0.39, 0.29) is 6.01 Å². The Morgan fingerprint density at radius 1 is 0.970 bits per heavy atom. The van der Waals surface area contributed by atoms with Crippen LogP contribution in [0.4, 0.5) is 17.6 Å². The molecule has 1 saturated carbocycles. The zero-order valence-electron chi connectivity index (χ0n) is 19.1. The van der Waals surface area contributed by atoms with Gasteiger partial charge in [-0.1, -0.05) is 67.1 Å². The largest absolute Gasteiger partial charge is 0.495 e. The Hall–Kier alpha value is -3.06. The van der Waals surface area contributed by atoms with Gasteiger partial charge in [0, 0.05) is 11.7 Å². The van der Waals surface area contributed by atoms with Crippen molar-refractivity contribution in [3.63, 3.8) is 0 Å². The molecule has 1 fully saturated rings. The van der Waals surface area contributed by atoms with Gasteiger partial charge in [-0.05, 0) is 43.5 Å². The predicted molar refractivity (Wildman–Crippen MR) is 132 cm³/mol. The minimum absolute atomic E-state index is 0.268. The number of ether oxygens (including phenoxy) is 2. The molecule has 2 aromatic carbocycles. The van der Waals surface area contributed by atoms with E-state index in [2.05, 4.69) is 44.6 Å². The summed E-state index contributed by atoms with van der Waals surface area (Å²) in [6.45, 7) is 2.44. The second-order valence-electron chi connectivity index (χ2n) is 8.35. The molecule has 33 heavy (non-hydrogen) atoms. The molecule has 0 bridgehead atoms. The lowest BCUT2D eigenvalue weighted by atomic mass is 10.1. The van der Waals surface area contributed by atoms with Crippen LogP contribution in [-0.4, -0.2) is 28.1 Å². The van der Waals surface area contributed by atoms with Crippen LogP contribution in [0.3, 0.4) is 0 Å². The number of hydrogen-bond donors (Lipinski definition) is 2. The topological polar surface area (TPSA) is 81.2 Å². The summed E-state index contributed by atoms with van der Waals surface area (Å²) in [6, 6.07) is 14.2. The second kappa shape index (κ2) is 11.2. The highest BCUT2D eigenvalue weighted by atomic mass is 35.5. The van der Waals surface area contributed by atoms with Crippen molar-refractivity contribution < 1.29 is 9.47 Å². The highest BCUT2D eigenvalue weighted by molar-refractivity contribution is 6.32. The van der Waals surface area contributed by atoms with Crippen LogP contribution in [0.25, 0.3) is 0 Å². The zero-order chi connectivity index (χ0) is 23.0. The maximum absolute atomic E-state index is 6.28. The second-order valence-corrected chi connectivity index (χ2v) is 8.76. The Balaban J connectivity index is 1.55. The lowest BCUT2D eigenvalue weighted by Gasteiger charge is -2.17. The van der Waals surface area contributed by atoms with Gasteiger partial charge in [0.15, 0.2) is 0 Å². The van der Waals surface area contributed by atoms with Crippen LogP contribution in [-0.2, 0) is 6.61 Å². The quantitative estimate of drug-likeness (QED) is 0.376. The number of aryl methyl sites for hydroxylation is 1. The maximum Gasteiger partial charge on any atom is 0.323 e. The van der Waals surface area contributed by atoms with Crippen LogP contribution < -0.4 is 20.1 Å². The minimum Gasteiger partial charge on any atom is -0.495 e.